The Kier molecular flexibility index (Phi) is 3.00. The molecule has 0 aliphatic heterocycles. The molecule has 0 bridgehead atoms. The van der Waals surface area contributed by atoms with Crippen molar-refractivity contribution < 1.29 is 0 Å². The average Bonchev–Trinajstić information content (AvgIpc) is 2.65. The summed E-state index contributed by atoms with van der Waals surface area (Å²) in [5.41, 5.74) is 0. The number of nitrogens with zero attached hydrogens (tertiary/aromatic N) is 4. The molecule has 0 radical (unpaired) electrons. The van der Waals surface area contributed by atoms with Crippen LogP contribution in [-0.4, -0.2) is 33.3 Å². The van der Waals surface area contributed by atoms with Gasteiger partial charge in [0.1, 0.15) is 0 Å². The van der Waals surface area contributed by atoms with Gasteiger partial charge in [-0.3, -0.25) is 0 Å². The Hall–Kier alpha value is -0.970. The maximum Gasteiger partial charge on any atom is 0.178 e. The maximum absolute atomic E-state index is 4.32. The lowest BCUT2D eigenvalue weighted by molar-refractivity contribution is 0.268. The Morgan fingerprint density at radius 3 is 2.80 bits per heavy atom. The fourth-order valence-corrected chi connectivity index (χ4v) is 2.39. The second kappa shape index (κ2) is 4.26. The maximum atomic E-state index is 4.32. The van der Waals surface area contributed by atoms with Crippen molar-refractivity contribution >= 4 is 0 Å². The summed E-state index contributed by atoms with van der Waals surface area (Å²) in [4.78, 5) is 1.55. The quantitative estimate of drug-likeness (QED) is 0.779. The van der Waals surface area contributed by atoms with Crippen molar-refractivity contribution in [2.24, 2.45) is 13.0 Å². The molecule has 1 aromatic rings. The van der Waals surface area contributed by atoms with Gasteiger partial charge in [-0.25, -0.2) is 0 Å². The van der Waals surface area contributed by atoms with Crippen LogP contribution in [0.4, 0.5) is 0 Å². The van der Waals surface area contributed by atoms with Crippen molar-refractivity contribution in [2.45, 2.75) is 38.1 Å². The van der Waals surface area contributed by atoms with Crippen LogP contribution in [-0.2, 0) is 7.05 Å². The normalized spacial score (nSPS) is 31.8. The van der Waals surface area contributed by atoms with Gasteiger partial charge in [-0.1, -0.05) is 6.92 Å². The third kappa shape index (κ3) is 2.17. The highest BCUT2D eigenvalue weighted by atomic mass is 15.6. The Morgan fingerprint density at radius 2 is 2.20 bits per heavy atom. The predicted octanol–water partition coefficient (Wildman–Crippen LogP) is 0.702. The fraction of sp³-hybridized carbons (Fsp3) is 0.900. The van der Waals surface area contributed by atoms with E-state index >= 15 is 0 Å². The molecule has 3 atom stereocenters. The first-order chi connectivity index (χ1) is 7.20. The highest BCUT2D eigenvalue weighted by molar-refractivity contribution is 4.99. The van der Waals surface area contributed by atoms with Crippen LogP contribution in [0, 0.1) is 5.92 Å². The summed E-state index contributed by atoms with van der Waals surface area (Å²) in [6.07, 6.45) is 3.63. The molecule has 2 rings (SSSR count). The van der Waals surface area contributed by atoms with Crippen molar-refractivity contribution in [3.63, 3.8) is 0 Å². The third-order valence-corrected chi connectivity index (χ3v) is 3.46. The molecule has 1 saturated carbocycles. The van der Waals surface area contributed by atoms with Crippen molar-refractivity contribution in [3.8, 4) is 0 Å². The van der Waals surface area contributed by atoms with Crippen LogP contribution in [0.15, 0.2) is 0 Å². The summed E-state index contributed by atoms with van der Waals surface area (Å²) in [7, 11) is 3.85. The lowest BCUT2D eigenvalue weighted by Gasteiger charge is -2.32. The van der Waals surface area contributed by atoms with Crippen LogP contribution in [0.1, 0.15) is 37.9 Å². The van der Waals surface area contributed by atoms with Crippen LogP contribution >= 0.6 is 0 Å². The van der Waals surface area contributed by atoms with E-state index < -0.39 is 0 Å². The van der Waals surface area contributed by atoms with Crippen molar-refractivity contribution in [1.29, 1.82) is 0 Å². The summed E-state index contributed by atoms with van der Waals surface area (Å²) >= 11 is 0. The van der Waals surface area contributed by atoms with Gasteiger partial charge < -0.3 is 5.32 Å². The van der Waals surface area contributed by atoms with Gasteiger partial charge in [0, 0.05) is 12.0 Å². The molecule has 1 aromatic heterocycles. The highest BCUT2D eigenvalue weighted by Crippen LogP contribution is 2.35. The minimum absolute atomic E-state index is 0.463. The molecule has 0 aromatic carbocycles. The second-order valence-electron chi connectivity index (χ2n) is 4.52. The molecule has 5 heteroatoms. The van der Waals surface area contributed by atoms with E-state index in [1.807, 2.05) is 14.1 Å². The smallest absolute Gasteiger partial charge is 0.178 e. The van der Waals surface area contributed by atoms with Crippen LogP contribution in [0.3, 0.4) is 0 Å². The first kappa shape index (κ1) is 10.5. The first-order valence-corrected chi connectivity index (χ1v) is 5.62. The van der Waals surface area contributed by atoms with Gasteiger partial charge in [0.2, 0.25) is 0 Å². The molecule has 1 fully saturated rings. The second-order valence-corrected chi connectivity index (χ2v) is 4.52. The molecule has 5 nitrogen and oxygen atoms in total. The third-order valence-electron chi connectivity index (χ3n) is 3.46. The topological polar surface area (TPSA) is 55.6 Å². The van der Waals surface area contributed by atoms with E-state index in [4.69, 9.17) is 0 Å². The Bertz CT molecular complexity index is 321. The molecule has 1 aliphatic carbocycles. The largest absolute Gasteiger partial charge is 0.317 e. The van der Waals surface area contributed by atoms with E-state index in [2.05, 4.69) is 27.7 Å². The molecule has 0 amide bonds. The summed E-state index contributed by atoms with van der Waals surface area (Å²) in [6.45, 7) is 2.28. The monoisotopic (exact) mass is 209 g/mol. The zero-order valence-corrected chi connectivity index (χ0v) is 9.64. The van der Waals surface area contributed by atoms with E-state index in [1.54, 1.807) is 4.80 Å². The van der Waals surface area contributed by atoms with Crippen molar-refractivity contribution in [3.05, 3.63) is 5.82 Å². The van der Waals surface area contributed by atoms with Gasteiger partial charge in [-0.15, -0.1) is 10.2 Å². The zero-order valence-electron chi connectivity index (χ0n) is 9.64. The highest BCUT2D eigenvalue weighted by Gasteiger charge is 2.30. The lowest BCUT2D eigenvalue weighted by Crippen LogP contribution is -2.34. The minimum atomic E-state index is 0.463. The Balaban J connectivity index is 2.12. The molecule has 1 heterocycles. The molecule has 1 N–H and O–H groups in total. The van der Waals surface area contributed by atoms with E-state index in [0.29, 0.717) is 17.9 Å². The predicted molar refractivity (Wildman–Crippen MR) is 57.4 cm³/mol. The number of aryl methyl sites for hydroxylation is 1. The van der Waals surface area contributed by atoms with Gasteiger partial charge >= 0.3 is 0 Å². The Morgan fingerprint density at radius 1 is 1.40 bits per heavy atom. The van der Waals surface area contributed by atoms with Gasteiger partial charge in [0.25, 0.3) is 0 Å². The minimum Gasteiger partial charge on any atom is -0.317 e. The van der Waals surface area contributed by atoms with Gasteiger partial charge in [-0.05, 0) is 37.4 Å². The van der Waals surface area contributed by atoms with E-state index in [-0.39, 0.29) is 0 Å². The lowest BCUT2D eigenvalue weighted by atomic mass is 9.77. The van der Waals surface area contributed by atoms with Crippen molar-refractivity contribution in [2.75, 3.05) is 7.05 Å². The van der Waals surface area contributed by atoms with Gasteiger partial charge in [0.15, 0.2) is 5.82 Å². The van der Waals surface area contributed by atoms with Crippen LogP contribution < -0.4 is 5.32 Å². The molecule has 0 saturated heterocycles. The van der Waals surface area contributed by atoms with Crippen molar-refractivity contribution in [1.82, 2.24) is 25.5 Å². The molecular formula is C10H19N5. The number of hydrogen-bond acceptors (Lipinski definition) is 4. The molecule has 15 heavy (non-hydrogen) atoms. The SMILES string of the molecule is CNC1CCC(C)C(c2nnn(C)n2)C1. The Labute approximate surface area is 90.2 Å². The molecule has 3 unspecified atom stereocenters. The number of rotatable bonds is 2. The molecule has 1 aliphatic rings. The summed E-state index contributed by atoms with van der Waals surface area (Å²) in [5, 5.41) is 15.7. The summed E-state index contributed by atoms with van der Waals surface area (Å²) in [6, 6.07) is 0.606. The van der Waals surface area contributed by atoms with Gasteiger partial charge in [0.05, 0.1) is 7.05 Å². The molecular weight excluding hydrogens is 190 g/mol. The van der Waals surface area contributed by atoms with Gasteiger partial charge in [-0.2, -0.15) is 4.80 Å². The fourth-order valence-electron chi connectivity index (χ4n) is 2.39. The van der Waals surface area contributed by atoms with E-state index in [0.717, 1.165) is 12.2 Å². The van der Waals surface area contributed by atoms with Crippen LogP contribution in [0.2, 0.25) is 0 Å². The van der Waals surface area contributed by atoms with Crippen LogP contribution in [0.25, 0.3) is 0 Å². The van der Waals surface area contributed by atoms with Crippen LogP contribution in [0.5, 0.6) is 0 Å². The standard InChI is InChI=1S/C10H19N5/c1-7-4-5-8(11-2)6-9(7)10-12-14-15(3)13-10/h7-9,11H,4-6H2,1-3H3. The number of hydrogen-bond donors (Lipinski definition) is 1. The zero-order chi connectivity index (χ0) is 10.8. The summed E-state index contributed by atoms with van der Waals surface area (Å²) < 4.78 is 0. The summed E-state index contributed by atoms with van der Waals surface area (Å²) in [5.74, 6) is 2.04. The van der Waals surface area contributed by atoms with E-state index in [1.165, 1.54) is 12.8 Å². The first-order valence-electron chi connectivity index (χ1n) is 5.62. The number of tetrazole rings is 1. The average molecular weight is 209 g/mol. The number of aromatic nitrogens is 4. The molecule has 0 spiro atoms. The van der Waals surface area contributed by atoms with E-state index in [9.17, 15) is 0 Å². The number of nitrogens with one attached hydrogen (secondary N) is 1. The molecule has 84 valence electrons.